The lowest BCUT2D eigenvalue weighted by Gasteiger charge is -2.13. The van der Waals surface area contributed by atoms with Crippen LogP contribution in [0.15, 0.2) is 23.4 Å². The molecule has 0 saturated heterocycles. The van der Waals surface area contributed by atoms with Crippen LogP contribution >= 0.6 is 11.8 Å². The van der Waals surface area contributed by atoms with Gasteiger partial charge in [0.1, 0.15) is 5.82 Å². The lowest BCUT2D eigenvalue weighted by molar-refractivity contribution is 0.0993. The van der Waals surface area contributed by atoms with Gasteiger partial charge in [-0.1, -0.05) is 18.2 Å². The zero-order chi connectivity index (χ0) is 17.8. The molecule has 1 aromatic carbocycles. The predicted molar refractivity (Wildman–Crippen MR) is 96.8 cm³/mol. The number of carbonyl (C=O) groups is 1. The number of carbonyl (C=O) groups excluding carboxylic acids is 1. The molecule has 3 rings (SSSR count). The van der Waals surface area contributed by atoms with Gasteiger partial charge in [-0.15, -0.1) is 10.2 Å². The molecule has 7 heteroatoms. The van der Waals surface area contributed by atoms with Crippen LogP contribution in [-0.4, -0.2) is 40.0 Å². The number of ketones is 1. The van der Waals surface area contributed by atoms with Gasteiger partial charge in [0.2, 0.25) is 0 Å². The highest BCUT2D eigenvalue weighted by Gasteiger charge is 2.22. The Morgan fingerprint density at radius 1 is 1.16 bits per heavy atom. The molecule has 0 N–H and O–H groups in total. The van der Waals surface area contributed by atoms with Crippen molar-refractivity contribution in [1.82, 2.24) is 14.8 Å². The van der Waals surface area contributed by atoms with Crippen molar-refractivity contribution in [3.05, 3.63) is 29.6 Å². The summed E-state index contributed by atoms with van der Waals surface area (Å²) >= 11 is 1.47. The van der Waals surface area contributed by atoms with E-state index in [-0.39, 0.29) is 11.0 Å². The fraction of sp³-hybridized carbons (Fsp3) is 0.500. The second kappa shape index (κ2) is 7.91. The zero-order valence-electron chi connectivity index (χ0n) is 14.8. The molecule has 1 aliphatic rings. The number of hydrogen-bond acceptors (Lipinski definition) is 6. The molecular formula is C18H23N3O3S. The minimum absolute atomic E-state index is 0.0388. The molecule has 0 fully saturated rings. The quantitative estimate of drug-likeness (QED) is 0.580. The normalized spacial score (nSPS) is 15.2. The van der Waals surface area contributed by atoms with Gasteiger partial charge in [0, 0.05) is 18.5 Å². The summed E-state index contributed by atoms with van der Waals surface area (Å²) in [6.07, 6.45) is 4.47. The third-order valence-electron chi connectivity index (χ3n) is 4.40. The van der Waals surface area contributed by atoms with E-state index >= 15 is 0 Å². The van der Waals surface area contributed by atoms with E-state index in [1.807, 2.05) is 6.92 Å². The van der Waals surface area contributed by atoms with E-state index in [2.05, 4.69) is 14.8 Å². The van der Waals surface area contributed by atoms with Crippen molar-refractivity contribution >= 4 is 17.5 Å². The van der Waals surface area contributed by atoms with Crippen LogP contribution in [0.4, 0.5) is 0 Å². The number of benzene rings is 1. The summed E-state index contributed by atoms with van der Waals surface area (Å²) in [5, 5.41) is 9.17. The van der Waals surface area contributed by atoms with Crippen LogP contribution in [0.1, 0.15) is 42.4 Å². The first-order chi connectivity index (χ1) is 12.1. The number of aryl methyl sites for hydroxylation is 1. The van der Waals surface area contributed by atoms with Gasteiger partial charge in [-0.2, -0.15) is 0 Å². The molecule has 1 aliphatic heterocycles. The lowest BCUT2D eigenvalue weighted by Crippen LogP contribution is -2.15. The van der Waals surface area contributed by atoms with Crippen LogP contribution in [-0.2, 0) is 13.0 Å². The van der Waals surface area contributed by atoms with Gasteiger partial charge in [-0.25, -0.2) is 0 Å². The highest BCUT2D eigenvalue weighted by molar-refractivity contribution is 8.00. The molecule has 25 heavy (non-hydrogen) atoms. The van der Waals surface area contributed by atoms with Gasteiger partial charge >= 0.3 is 0 Å². The molecule has 0 bridgehead atoms. The summed E-state index contributed by atoms with van der Waals surface area (Å²) < 4.78 is 12.7. The zero-order valence-corrected chi connectivity index (χ0v) is 15.6. The second-order valence-electron chi connectivity index (χ2n) is 6.06. The Balaban J connectivity index is 1.76. The van der Waals surface area contributed by atoms with Crippen LogP contribution < -0.4 is 9.47 Å². The molecule has 0 spiro atoms. The second-order valence-corrected chi connectivity index (χ2v) is 7.36. The summed E-state index contributed by atoms with van der Waals surface area (Å²) in [5.74, 6) is 2.24. The van der Waals surface area contributed by atoms with Gasteiger partial charge in [-0.05, 0) is 38.0 Å². The monoisotopic (exact) mass is 361 g/mol. The van der Waals surface area contributed by atoms with E-state index in [4.69, 9.17) is 9.47 Å². The van der Waals surface area contributed by atoms with E-state index in [1.54, 1.807) is 32.4 Å². The number of aromatic nitrogens is 3. The maximum atomic E-state index is 12.8. The molecule has 1 atom stereocenters. The maximum Gasteiger partial charge on any atom is 0.191 e. The molecule has 6 nitrogen and oxygen atoms in total. The molecule has 0 amide bonds. The minimum atomic E-state index is -0.255. The highest BCUT2D eigenvalue weighted by Crippen LogP contribution is 2.31. The fourth-order valence-corrected chi connectivity index (χ4v) is 3.95. The number of fused-ring (bicyclic) bond motifs is 1. The summed E-state index contributed by atoms with van der Waals surface area (Å²) in [7, 11) is 3.14. The van der Waals surface area contributed by atoms with Crippen molar-refractivity contribution in [2.24, 2.45) is 0 Å². The van der Waals surface area contributed by atoms with E-state index in [0.29, 0.717) is 17.1 Å². The molecular weight excluding hydrogens is 338 g/mol. The van der Waals surface area contributed by atoms with Crippen molar-refractivity contribution in [3.63, 3.8) is 0 Å². The molecule has 0 unspecified atom stereocenters. The third-order valence-corrected chi connectivity index (χ3v) is 5.48. The standard InChI is InChI=1S/C18H23N3O3S/c1-12(17(22)13-8-9-14(23-2)15(11-13)24-3)25-18-20-19-16-7-5-4-6-10-21(16)18/h8-9,11-12H,4-7,10H2,1-3H3/t12-/m0/s1. The number of hydrogen-bond donors (Lipinski definition) is 0. The van der Waals surface area contributed by atoms with Crippen LogP contribution in [0.25, 0.3) is 0 Å². The molecule has 2 heterocycles. The summed E-state index contributed by atoms with van der Waals surface area (Å²) in [5.41, 5.74) is 0.605. The Morgan fingerprint density at radius 2 is 1.96 bits per heavy atom. The van der Waals surface area contributed by atoms with E-state index < -0.39 is 0 Å². The number of thioether (sulfide) groups is 1. The summed E-state index contributed by atoms with van der Waals surface area (Å²) in [4.78, 5) is 12.8. The number of methoxy groups -OCH3 is 2. The largest absolute Gasteiger partial charge is 0.493 e. The average molecular weight is 361 g/mol. The molecule has 134 valence electrons. The summed E-state index contributed by atoms with van der Waals surface area (Å²) in [6, 6.07) is 5.25. The van der Waals surface area contributed by atoms with E-state index in [0.717, 1.165) is 36.8 Å². The van der Waals surface area contributed by atoms with E-state index in [1.165, 1.54) is 18.2 Å². The van der Waals surface area contributed by atoms with Crippen LogP contribution in [0.5, 0.6) is 11.5 Å². The molecule has 1 aromatic heterocycles. The van der Waals surface area contributed by atoms with Crippen molar-refractivity contribution < 1.29 is 14.3 Å². The molecule has 0 radical (unpaired) electrons. The Labute approximate surface area is 151 Å². The lowest BCUT2D eigenvalue weighted by atomic mass is 10.1. The maximum absolute atomic E-state index is 12.8. The first-order valence-corrected chi connectivity index (χ1v) is 9.37. The average Bonchev–Trinajstić information content (AvgIpc) is 2.86. The Hall–Kier alpha value is -2.02. The highest BCUT2D eigenvalue weighted by atomic mass is 32.2. The van der Waals surface area contributed by atoms with Gasteiger partial charge in [0.15, 0.2) is 22.4 Å². The number of nitrogens with zero attached hydrogens (tertiary/aromatic N) is 3. The minimum Gasteiger partial charge on any atom is -0.493 e. The smallest absolute Gasteiger partial charge is 0.191 e. The van der Waals surface area contributed by atoms with Crippen LogP contribution in [0.2, 0.25) is 0 Å². The first-order valence-electron chi connectivity index (χ1n) is 8.49. The number of rotatable bonds is 6. The van der Waals surface area contributed by atoms with Gasteiger partial charge in [-0.3, -0.25) is 4.79 Å². The van der Waals surface area contributed by atoms with Crippen LogP contribution in [0.3, 0.4) is 0 Å². The Morgan fingerprint density at radius 3 is 2.72 bits per heavy atom. The van der Waals surface area contributed by atoms with Crippen molar-refractivity contribution in [1.29, 1.82) is 0 Å². The van der Waals surface area contributed by atoms with Crippen LogP contribution in [0, 0.1) is 0 Å². The topological polar surface area (TPSA) is 66.2 Å². The molecule has 0 aliphatic carbocycles. The van der Waals surface area contributed by atoms with Gasteiger partial charge in [0.05, 0.1) is 19.5 Å². The first kappa shape index (κ1) is 17.8. The van der Waals surface area contributed by atoms with Gasteiger partial charge in [0.25, 0.3) is 0 Å². The third kappa shape index (κ3) is 3.81. The summed E-state index contributed by atoms with van der Waals surface area (Å²) in [6.45, 7) is 2.84. The Kier molecular flexibility index (Phi) is 5.63. The van der Waals surface area contributed by atoms with Crippen molar-refractivity contribution in [2.45, 2.75) is 49.6 Å². The van der Waals surface area contributed by atoms with Crippen molar-refractivity contribution in [2.75, 3.05) is 14.2 Å². The van der Waals surface area contributed by atoms with E-state index in [9.17, 15) is 4.79 Å². The Bertz CT molecular complexity index is 760. The number of ether oxygens (including phenoxy) is 2. The fourth-order valence-electron chi connectivity index (χ4n) is 2.98. The van der Waals surface area contributed by atoms with Gasteiger partial charge < -0.3 is 14.0 Å². The number of Topliss-reactive ketones (excluding diaryl/α,β-unsaturated/α-hetero) is 1. The van der Waals surface area contributed by atoms with Crippen molar-refractivity contribution in [3.8, 4) is 11.5 Å². The SMILES string of the molecule is COc1ccc(C(=O)[C@H](C)Sc2nnc3n2CCCCC3)cc1OC. The predicted octanol–water partition coefficient (Wildman–Crippen LogP) is 3.39. The molecule has 2 aromatic rings. The molecule has 0 saturated carbocycles.